The minimum absolute atomic E-state index is 0.0667. The van der Waals surface area contributed by atoms with Crippen LogP contribution >= 0.6 is 11.6 Å². The Bertz CT molecular complexity index is 830. The Morgan fingerprint density at radius 2 is 1.92 bits per heavy atom. The summed E-state index contributed by atoms with van der Waals surface area (Å²) in [6.07, 6.45) is 3.63. The van der Waals surface area contributed by atoms with Crippen molar-refractivity contribution in [2.24, 2.45) is 5.10 Å². The number of hydrogen-bond acceptors (Lipinski definition) is 4. The van der Waals surface area contributed by atoms with E-state index in [2.05, 4.69) is 15.4 Å². The molecular weight excluding hydrogens is 350 g/mol. The van der Waals surface area contributed by atoms with Gasteiger partial charge in [-0.05, 0) is 62.6 Å². The molecule has 0 aliphatic carbocycles. The van der Waals surface area contributed by atoms with Crippen LogP contribution in [-0.4, -0.2) is 29.8 Å². The Morgan fingerprint density at radius 1 is 1.15 bits per heavy atom. The number of nitrogens with zero attached hydrogens (tertiary/aromatic N) is 2. The number of hydrazone groups is 1. The van der Waals surface area contributed by atoms with Gasteiger partial charge in [-0.3, -0.25) is 4.79 Å². The van der Waals surface area contributed by atoms with Gasteiger partial charge in [0.15, 0.2) is 0 Å². The molecule has 0 unspecified atom stereocenters. The van der Waals surface area contributed by atoms with E-state index in [1.807, 2.05) is 18.2 Å². The van der Waals surface area contributed by atoms with Crippen molar-refractivity contribution in [1.82, 2.24) is 5.43 Å². The highest BCUT2D eigenvalue weighted by atomic mass is 35.5. The number of carbonyl (C=O) groups is 1. The molecule has 1 saturated heterocycles. The maximum Gasteiger partial charge on any atom is 0.271 e. The quantitative estimate of drug-likeness (QED) is 0.625. The smallest absolute Gasteiger partial charge is 0.271 e. The molecule has 2 N–H and O–H groups in total. The van der Waals surface area contributed by atoms with E-state index in [-0.39, 0.29) is 11.7 Å². The summed E-state index contributed by atoms with van der Waals surface area (Å²) < 4.78 is 0. The van der Waals surface area contributed by atoms with Crippen LogP contribution in [0.4, 0.5) is 5.69 Å². The molecule has 0 atom stereocenters. The molecule has 136 valence electrons. The molecule has 0 spiro atoms. The van der Waals surface area contributed by atoms with Crippen LogP contribution in [0.25, 0.3) is 0 Å². The van der Waals surface area contributed by atoms with E-state index in [1.165, 1.54) is 25.3 Å². The lowest BCUT2D eigenvalue weighted by Gasteiger charge is -2.29. The fraction of sp³-hybridized carbons (Fsp3) is 0.300. The van der Waals surface area contributed by atoms with Crippen LogP contribution in [0.15, 0.2) is 47.6 Å². The van der Waals surface area contributed by atoms with Crippen molar-refractivity contribution in [3.05, 3.63) is 58.6 Å². The van der Waals surface area contributed by atoms with Gasteiger partial charge in [0, 0.05) is 34.9 Å². The lowest BCUT2D eigenvalue weighted by Crippen LogP contribution is -2.29. The minimum Gasteiger partial charge on any atom is -0.507 e. The van der Waals surface area contributed by atoms with Gasteiger partial charge in [-0.2, -0.15) is 5.10 Å². The Hall–Kier alpha value is -2.53. The van der Waals surface area contributed by atoms with E-state index in [9.17, 15) is 9.90 Å². The van der Waals surface area contributed by atoms with Gasteiger partial charge >= 0.3 is 0 Å². The fourth-order valence-electron chi connectivity index (χ4n) is 3.05. The van der Waals surface area contributed by atoms with Gasteiger partial charge in [0.2, 0.25) is 0 Å². The summed E-state index contributed by atoms with van der Waals surface area (Å²) in [7, 11) is 0. The van der Waals surface area contributed by atoms with Crippen LogP contribution in [0.3, 0.4) is 0 Å². The molecule has 1 fully saturated rings. The van der Waals surface area contributed by atoms with E-state index in [0.717, 1.165) is 18.8 Å². The van der Waals surface area contributed by atoms with Crippen molar-refractivity contribution in [2.75, 3.05) is 18.0 Å². The number of nitrogens with one attached hydrogen (secondary N) is 1. The van der Waals surface area contributed by atoms with E-state index in [1.54, 1.807) is 25.1 Å². The topological polar surface area (TPSA) is 64.9 Å². The zero-order chi connectivity index (χ0) is 18.5. The zero-order valence-electron chi connectivity index (χ0n) is 14.7. The molecule has 0 bridgehead atoms. The van der Waals surface area contributed by atoms with Crippen LogP contribution in [0.1, 0.15) is 42.1 Å². The Kier molecular flexibility index (Phi) is 5.78. The SMILES string of the molecule is C/C(=N\NC(=O)c1cccc(N2CCCCC2)c1)c1cc(Cl)ccc1O. The van der Waals surface area contributed by atoms with E-state index in [4.69, 9.17) is 11.6 Å². The fourth-order valence-corrected chi connectivity index (χ4v) is 3.23. The first-order valence-corrected chi connectivity index (χ1v) is 9.11. The van der Waals surface area contributed by atoms with Gasteiger partial charge in [0.05, 0.1) is 5.71 Å². The summed E-state index contributed by atoms with van der Waals surface area (Å²) in [5, 5.41) is 14.5. The van der Waals surface area contributed by atoms with Crippen LogP contribution in [0.5, 0.6) is 5.75 Å². The van der Waals surface area contributed by atoms with Crippen molar-refractivity contribution >= 4 is 28.9 Å². The third kappa shape index (κ3) is 4.35. The molecule has 1 aliphatic heterocycles. The first-order valence-electron chi connectivity index (χ1n) is 8.73. The van der Waals surface area contributed by atoms with Crippen LogP contribution in [0, 0.1) is 0 Å². The monoisotopic (exact) mass is 371 g/mol. The molecule has 5 nitrogen and oxygen atoms in total. The third-order valence-electron chi connectivity index (χ3n) is 4.50. The third-order valence-corrected chi connectivity index (χ3v) is 4.74. The van der Waals surface area contributed by atoms with E-state index in [0.29, 0.717) is 21.9 Å². The molecule has 0 radical (unpaired) electrons. The van der Waals surface area contributed by atoms with Gasteiger partial charge in [-0.15, -0.1) is 0 Å². The number of amides is 1. The average molecular weight is 372 g/mol. The molecule has 1 aliphatic rings. The molecule has 2 aromatic carbocycles. The lowest BCUT2D eigenvalue weighted by molar-refractivity contribution is 0.0955. The molecule has 6 heteroatoms. The standard InChI is InChI=1S/C20H22ClN3O2/c1-14(18-13-16(21)8-9-19(18)25)22-23-20(26)15-6-5-7-17(12-15)24-10-3-2-4-11-24/h5-9,12-13,25H,2-4,10-11H2,1H3,(H,23,26)/b22-14+. The van der Waals surface area contributed by atoms with E-state index < -0.39 is 0 Å². The maximum absolute atomic E-state index is 12.4. The number of aromatic hydroxyl groups is 1. The minimum atomic E-state index is -0.287. The number of hydrogen-bond donors (Lipinski definition) is 2. The van der Waals surface area contributed by atoms with Gasteiger partial charge in [-0.25, -0.2) is 5.43 Å². The van der Waals surface area contributed by atoms with Gasteiger partial charge < -0.3 is 10.0 Å². The van der Waals surface area contributed by atoms with Gasteiger partial charge in [0.25, 0.3) is 5.91 Å². The summed E-state index contributed by atoms with van der Waals surface area (Å²) >= 11 is 5.95. The largest absolute Gasteiger partial charge is 0.507 e. The first kappa shape index (κ1) is 18.3. The molecule has 1 amide bonds. The number of phenolic OH excluding ortho intramolecular Hbond substituents is 1. The predicted octanol–water partition coefficient (Wildman–Crippen LogP) is 4.19. The second kappa shape index (κ2) is 8.23. The average Bonchev–Trinajstić information content (AvgIpc) is 2.68. The summed E-state index contributed by atoms with van der Waals surface area (Å²) in [5.41, 5.74) is 5.13. The second-order valence-corrected chi connectivity index (χ2v) is 6.83. The van der Waals surface area contributed by atoms with Crippen LogP contribution < -0.4 is 10.3 Å². The maximum atomic E-state index is 12.4. The normalized spacial score (nSPS) is 15.0. The molecule has 3 rings (SSSR count). The molecular formula is C20H22ClN3O2. The van der Waals surface area contributed by atoms with Crippen LogP contribution in [0.2, 0.25) is 5.02 Å². The summed E-state index contributed by atoms with van der Waals surface area (Å²) in [5.74, 6) is -0.221. The van der Waals surface area contributed by atoms with E-state index >= 15 is 0 Å². The Morgan fingerprint density at radius 3 is 2.69 bits per heavy atom. The lowest BCUT2D eigenvalue weighted by atomic mass is 10.1. The molecule has 26 heavy (non-hydrogen) atoms. The van der Waals surface area contributed by atoms with Crippen molar-refractivity contribution in [3.8, 4) is 5.75 Å². The number of anilines is 1. The molecule has 1 heterocycles. The highest BCUT2D eigenvalue weighted by molar-refractivity contribution is 6.31. The number of phenols is 1. The zero-order valence-corrected chi connectivity index (χ0v) is 15.5. The Balaban J connectivity index is 1.72. The van der Waals surface area contributed by atoms with Crippen molar-refractivity contribution in [1.29, 1.82) is 0 Å². The number of halogens is 1. The highest BCUT2D eigenvalue weighted by Gasteiger charge is 2.13. The summed E-state index contributed by atoms with van der Waals surface area (Å²) in [6.45, 7) is 3.75. The number of rotatable bonds is 4. The Labute approximate surface area is 158 Å². The van der Waals surface area contributed by atoms with Crippen molar-refractivity contribution < 1.29 is 9.90 Å². The molecule has 0 aromatic heterocycles. The molecule has 0 saturated carbocycles. The van der Waals surface area contributed by atoms with Crippen molar-refractivity contribution in [2.45, 2.75) is 26.2 Å². The predicted molar refractivity (Wildman–Crippen MR) is 105 cm³/mol. The van der Waals surface area contributed by atoms with Gasteiger partial charge in [-0.1, -0.05) is 17.7 Å². The molecule has 2 aromatic rings. The van der Waals surface area contributed by atoms with Crippen LogP contribution in [-0.2, 0) is 0 Å². The van der Waals surface area contributed by atoms with Gasteiger partial charge in [0.1, 0.15) is 5.75 Å². The number of carbonyl (C=O) groups excluding carboxylic acids is 1. The first-order chi connectivity index (χ1) is 12.5. The van der Waals surface area contributed by atoms with Crippen molar-refractivity contribution in [3.63, 3.8) is 0 Å². The second-order valence-electron chi connectivity index (χ2n) is 6.40. The summed E-state index contributed by atoms with van der Waals surface area (Å²) in [6, 6.07) is 12.3. The number of piperidine rings is 1. The number of benzene rings is 2. The summed E-state index contributed by atoms with van der Waals surface area (Å²) in [4.78, 5) is 14.7. The highest BCUT2D eigenvalue weighted by Crippen LogP contribution is 2.23.